The van der Waals surface area contributed by atoms with Crippen molar-refractivity contribution in [3.8, 4) is 6.07 Å². The largest absolute Gasteiger partial charge is 0.379 e. The molecule has 136 valence electrons. The lowest BCUT2D eigenvalue weighted by Gasteiger charge is -2.29. The minimum absolute atomic E-state index is 0.140. The number of nitriles is 1. The Kier molecular flexibility index (Phi) is 8.45. The van der Waals surface area contributed by atoms with Crippen LogP contribution in [0.3, 0.4) is 0 Å². The van der Waals surface area contributed by atoms with Gasteiger partial charge in [0.1, 0.15) is 0 Å². The first-order valence-electron chi connectivity index (χ1n) is 8.23. The summed E-state index contributed by atoms with van der Waals surface area (Å²) in [6.45, 7) is 5.68. The number of nitrogens with one attached hydrogen (secondary N) is 1. The van der Waals surface area contributed by atoms with Crippen molar-refractivity contribution in [3.05, 3.63) is 28.2 Å². The number of ether oxygens (including phenoxy) is 1. The molecule has 1 aliphatic rings. The molecule has 1 aromatic rings. The third kappa shape index (κ3) is 7.18. The van der Waals surface area contributed by atoms with Gasteiger partial charge in [0.15, 0.2) is 0 Å². The Labute approximate surface area is 158 Å². The molecule has 0 spiro atoms. The summed E-state index contributed by atoms with van der Waals surface area (Å²) in [4.78, 5) is 16.6. The van der Waals surface area contributed by atoms with Crippen LogP contribution in [0.25, 0.3) is 0 Å². The smallest absolute Gasteiger partial charge is 0.238 e. The van der Waals surface area contributed by atoms with Crippen LogP contribution in [-0.2, 0) is 9.53 Å². The highest BCUT2D eigenvalue weighted by molar-refractivity contribution is 6.42. The number of benzene rings is 1. The van der Waals surface area contributed by atoms with Gasteiger partial charge in [-0.2, -0.15) is 5.26 Å². The maximum absolute atomic E-state index is 12.3. The van der Waals surface area contributed by atoms with Gasteiger partial charge in [0, 0.05) is 44.8 Å². The standard InChI is InChI=1S/C17H22Cl2N4O2/c18-15-3-2-14(12-16(15)19)21-17(24)13-23(5-1-4-20)7-6-22-8-10-25-11-9-22/h2-3,12H,1,5-11,13H2,(H,21,24). The minimum atomic E-state index is -0.140. The van der Waals surface area contributed by atoms with Gasteiger partial charge in [-0.1, -0.05) is 23.2 Å². The second kappa shape index (κ2) is 10.6. The average Bonchev–Trinajstić information content (AvgIpc) is 2.61. The summed E-state index contributed by atoms with van der Waals surface area (Å²) in [5, 5.41) is 12.5. The highest BCUT2D eigenvalue weighted by Crippen LogP contribution is 2.24. The van der Waals surface area contributed by atoms with Crippen LogP contribution in [0.1, 0.15) is 6.42 Å². The van der Waals surface area contributed by atoms with E-state index in [1.165, 1.54) is 0 Å². The molecule has 0 unspecified atom stereocenters. The van der Waals surface area contributed by atoms with Crippen LogP contribution in [0, 0.1) is 11.3 Å². The second-order valence-electron chi connectivity index (χ2n) is 5.82. The number of hydrogen-bond acceptors (Lipinski definition) is 5. The predicted octanol–water partition coefficient (Wildman–Crippen LogP) is 2.48. The summed E-state index contributed by atoms with van der Waals surface area (Å²) in [5.41, 5.74) is 0.604. The highest BCUT2D eigenvalue weighted by atomic mass is 35.5. The Morgan fingerprint density at radius 2 is 2.04 bits per heavy atom. The number of hydrogen-bond donors (Lipinski definition) is 1. The fourth-order valence-corrected chi connectivity index (χ4v) is 2.86. The Morgan fingerprint density at radius 1 is 1.28 bits per heavy atom. The van der Waals surface area contributed by atoms with Gasteiger partial charge in [-0.15, -0.1) is 0 Å². The first-order chi connectivity index (χ1) is 12.1. The molecule has 1 aliphatic heterocycles. The van der Waals surface area contributed by atoms with Crippen LogP contribution in [0.4, 0.5) is 5.69 Å². The van der Waals surface area contributed by atoms with E-state index in [9.17, 15) is 4.79 Å². The van der Waals surface area contributed by atoms with Crippen LogP contribution in [-0.4, -0.2) is 68.2 Å². The molecule has 0 saturated carbocycles. The average molecular weight is 385 g/mol. The first-order valence-corrected chi connectivity index (χ1v) is 8.98. The molecule has 6 nitrogen and oxygen atoms in total. The van der Waals surface area contributed by atoms with Crippen LogP contribution in [0.2, 0.25) is 10.0 Å². The number of carbonyl (C=O) groups excluding carboxylic acids is 1. The minimum Gasteiger partial charge on any atom is -0.379 e. The van der Waals surface area contributed by atoms with E-state index in [1.807, 2.05) is 4.90 Å². The van der Waals surface area contributed by atoms with Gasteiger partial charge >= 0.3 is 0 Å². The van der Waals surface area contributed by atoms with E-state index in [1.54, 1.807) is 18.2 Å². The number of halogens is 2. The van der Waals surface area contributed by atoms with Gasteiger partial charge in [-0.3, -0.25) is 14.6 Å². The van der Waals surface area contributed by atoms with Crippen LogP contribution < -0.4 is 5.32 Å². The Hall–Kier alpha value is -1.36. The fraction of sp³-hybridized carbons (Fsp3) is 0.529. The van der Waals surface area contributed by atoms with Crippen molar-refractivity contribution in [3.63, 3.8) is 0 Å². The molecule has 0 aliphatic carbocycles. The molecular weight excluding hydrogens is 363 g/mol. The molecule has 8 heteroatoms. The summed E-state index contributed by atoms with van der Waals surface area (Å²) >= 11 is 11.8. The van der Waals surface area contributed by atoms with Gasteiger partial charge in [-0.25, -0.2) is 0 Å². The fourth-order valence-electron chi connectivity index (χ4n) is 2.56. The molecular formula is C17H22Cl2N4O2. The van der Waals surface area contributed by atoms with Gasteiger partial charge in [0.05, 0.1) is 35.9 Å². The van der Waals surface area contributed by atoms with Crippen molar-refractivity contribution in [2.75, 3.05) is 57.8 Å². The summed E-state index contributed by atoms with van der Waals surface area (Å²) in [6.07, 6.45) is 0.392. The summed E-state index contributed by atoms with van der Waals surface area (Å²) in [7, 11) is 0. The molecule has 0 atom stereocenters. The lowest BCUT2D eigenvalue weighted by Crippen LogP contribution is -2.43. The SMILES string of the molecule is N#CCCN(CCN1CCOCC1)CC(=O)Nc1ccc(Cl)c(Cl)c1. The van der Waals surface area contributed by atoms with E-state index in [4.69, 9.17) is 33.2 Å². The maximum atomic E-state index is 12.3. The molecule has 25 heavy (non-hydrogen) atoms. The lowest BCUT2D eigenvalue weighted by atomic mass is 10.3. The van der Waals surface area contributed by atoms with Crippen LogP contribution in [0.5, 0.6) is 0 Å². The molecule has 1 aromatic carbocycles. The second-order valence-corrected chi connectivity index (χ2v) is 6.63. The zero-order chi connectivity index (χ0) is 18.1. The molecule has 1 saturated heterocycles. The van der Waals surface area contributed by atoms with E-state index in [2.05, 4.69) is 16.3 Å². The molecule has 1 heterocycles. The van der Waals surface area contributed by atoms with Gasteiger partial charge in [0.25, 0.3) is 0 Å². The van der Waals surface area contributed by atoms with Gasteiger partial charge in [-0.05, 0) is 18.2 Å². The Bertz CT molecular complexity index is 615. The lowest BCUT2D eigenvalue weighted by molar-refractivity contribution is -0.117. The molecule has 2 rings (SSSR count). The van der Waals surface area contributed by atoms with Crippen molar-refractivity contribution in [2.45, 2.75) is 6.42 Å². The third-order valence-corrected chi connectivity index (χ3v) is 4.69. The Balaban J connectivity index is 1.84. The van der Waals surface area contributed by atoms with Gasteiger partial charge < -0.3 is 10.1 Å². The number of anilines is 1. The van der Waals surface area contributed by atoms with E-state index >= 15 is 0 Å². The zero-order valence-corrected chi connectivity index (χ0v) is 15.5. The van der Waals surface area contributed by atoms with Crippen molar-refractivity contribution in [2.24, 2.45) is 0 Å². The maximum Gasteiger partial charge on any atom is 0.238 e. The van der Waals surface area contributed by atoms with Crippen molar-refractivity contribution in [1.82, 2.24) is 9.80 Å². The topological polar surface area (TPSA) is 68.6 Å². The van der Waals surface area contributed by atoms with E-state index < -0.39 is 0 Å². The summed E-state index contributed by atoms with van der Waals surface area (Å²) in [6, 6.07) is 7.11. The predicted molar refractivity (Wildman–Crippen MR) is 99.0 cm³/mol. The molecule has 0 aromatic heterocycles. The summed E-state index contributed by atoms with van der Waals surface area (Å²) in [5.74, 6) is -0.140. The zero-order valence-electron chi connectivity index (χ0n) is 14.0. The van der Waals surface area contributed by atoms with Crippen LogP contribution >= 0.6 is 23.2 Å². The van der Waals surface area contributed by atoms with E-state index in [-0.39, 0.29) is 12.5 Å². The third-order valence-electron chi connectivity index (χ3n) is 3.95. The van der Waals surface area contributed by atoms with Crippen molar-refractivity contribution in [1.29, 1.82) is 5.26 Å². The Morgan fingerprint density at radius 3 is 2.72 bits per heavy atom. The molecule has 0 bridgehead atoms. The van der Waals surface area contributed by atoms with E-state index in [0.717, 1.165) is 39.4 Å². The normalized spacial score (nSPS) is 15.1. The number of rotatable bonds is 8. The number of carbonyl (C=O) groups is 1. The van der Waals surface area contributed by atoms with Gasteiger partial charge in [0.2, 0.25) is 5.91 Å². The van der Waals surface area contributed by atoms with E-state index in [0.29, 0.717) is 28.7 Å². The summed E-state index contributed by atoms with van der Waals surface area (Å²) < 4.78 is 5.34. The molecule has 1 amide bonds. The highest BCUT2D eigenvalue weighted by Gasteiger charge is 2.15. The first kappa shape index (κ1) is 20.0. The molecule has 1 fully saturated rings. The van der Waals surface area contributed by atoms with Crippen molar-refractivity contribution >= 4 is 34.8 Å². The monoisotopic (exact) mass is 384 g/mol. The quantitative estimate of drug-likeness (QED) is 0.745. The van der Waals surface area contributed by atoms with Crippen molar-refractivity contribution < 1.29 is 9.53 Å². The number of morpholine rings is 1. The molecule has 0 radical (unpaired) electrons. The van der Waals surface area contributed by atoms with Crippen LogP contribution in [0.15, 0.2) is 18.2 Å². The molecule has 1 N–H and O–H groups in total. The number of amides is 1. The number of nitrogens with zero attached hydrogens (tertiary/aromatic N) is 3.